The predicted octanol–water partition coefficient (Wildman–Crippen LogP) is 3.39. The number of anilines is 2. The van der Waals surface area contributed by atoms with E-state index in [1.165, 1.54) is 12.5 Å². The molecule has 2 amide bonds. The van der Waals surface area contributed by atoms with Gasteiger partial charge < -0.3 is 19.5 Å². The van der Waals surface area contributed by atoms with Crippen molar-refractivity contribution in [1.29, 1.82) is 0 Å². The van der Waals surface area contributed by atoms with Crippen LogP contribution < -0.4 is 10.6 Å². The lowest BCUT2D eigenvalue weighted by molar-refractivity contribution is 0.101. The topological polar surface area (TPSA) is 97.4 Å². The summed E-state index contributed by atoms with van der Waals surface area (Å²) in [4.78, 5) is 28.5. The minimum Gasteiger partial charge on any atom is -0.469 e. The van der Waals surface area contributed by atoms with Gasteiger partial charge in [-0.15, -0.1) is 0 Å². The van der Waals surface area contributed by atoms with Crippen molar-refractivity contribution in [3.8, 4) is 0 Å². The number of rotatable bonds is 4. The molecule has 7 nitrogen and oxygen atoms in total. The molecule has 3 heterocycles. The molecule has 122 valence electrons. The molecule has 0 bridgehead atoms. The van der Waals surface area contributed by atoms with Crippen molar-refractivity contribution in [3.63, 3.8) is 0 Å². The number of furan rings is 2. The van der Waals surface area contributed by atoms with Crippen LogP contribution in [0.5, 0.6) is 0 Å². The highest BCUT2D eigenvalue weighted by Gasteiger charge is 2.14. The summed E-state index contributed by atoms with van der Waals surface area (Å²) in [6.45, 7) is 3.40. The van der Waals surface area contributed by atoms with Gasteiger partial charge in [0, 0.05) is 0 Å². The van der Waals surface area contributed by atoms with E-state index in [0.29, 0.717) is 34.3 Å². The summed E-state index contributed by atoms with van der Waals surface area (Å²) in [7, 11) is 0. The number of pyridine rings is 1. The first-order valence-corrected chi connectivity index (χ1v) is 7.22. The van der Waals surface area contributed by atoms with Gasteiger partial charge in [-0.1, -0.05) is 6.07 Å². The van der Waals surface area contributed by atoms with E-state index in [2.05, 4.69) is 15.6 Å². The molecule has 0 radical (unpaired) electrons. The van der Waals surface area contributed by atoms with Crippen LogP contribution in [0.2, 0.25) is 0 Å². The SMILES string of the molecule is Cc1occc1C(=O)Nc1cccc(NC(=O)c2ccoc2C)n1. The molecule has 3 aromatic heterocycles. The molecule has 0 fully saturated rings. The van der Waals surface area contributed by atoms with E-state index in [9.17, 15) is 9.59 Å². The van der Waals surface area contributed by atoms with Crippen LogP contribution in [0.25, 0.3) is 0 Å². The van der Waals surface area contributed by atoms with Crippen LogP contribution in [0.3, 0.4) is 0 Å². The van der Waals surface area contributed by atoms with E-state index < -0.39 is 0 Å². The van der Waals surface area contributed by atoms with E-state index >= 15 is 0 Å². The summed E-state index contributed by atoms with van der Waals surface area (Å²) in [6, 6.07) is 8.11. The maximum Gasteiger partial charge on any atom is 0.260 e. The molecule has 3 aromatic rings. The minimum absolute atomic E-state index is 0.322. The van der Waals surface area contributed by atoms with Crippen LogP contribution in [0, 0.1) is 13.8 Å². The smallest absolute Gasteiger partial charge is 0.260 e. The van der Waals surface area contributed by atoms with Gasteiger partial charge in [0.1, 0.15) is 23.2 Å². The lowest BCUT2D eigenvalue weighted by Gasteiger charge is -2.07. The van der Waals surface area contributed by atoms with Gasteiger partial charge in [-0.25, -0.2) is 4.98 Å². The van der Waals surface area contributed by atoms with Crippen molar-refractivity contribution < 1.29 is 18.4 Å². The summed E-state index contributed by atoms with van der Waals surface area (Å²) < 4.78 is 10.2. The molecule has 0 unspecified atom stereocenters. The highest BCUT2D eigenvalue weighted by Crippen LogP contribution is 2.15. The second kappa shape index (κ2) is 6.41. The number of carbonyl (C=O) groups is 2. The van der Waals surface area contributed by atoms with Crippen LogP contribution in [0.4, 0.5) is 11.6 Å². The zero-order valence-electron chi connectivity index (χ0n) is 13.1. The van der Waals surface area contributed by atoms with Gasteiger partial charge in [0.2, 0.25) is 0 Å². The van der Waals surface area contributed by atoms with Gasteiger partial charge in [0.25, 0.3) is 11.8 Å². The number of hydrogen-bond donors (Lipinski definition) is 2. The van der Waals surface area contributed by atoms with Crippen molar-refractivity contribution in [1.82, 2.24) is 4.98 Å². The van der Waals surface area contributed by atoms with Gasteiger partial charge in [0.05, 0.1) is 23.7 Å². The fourth-order valence-electron chi connectivity index (χ4n) is 2.18. The lowest BCUT2D eigenvalue weighted by Crippen LogP contribution is -2.16. The minimum atomic E-state index is -0.331. The molecule has 0 aliphatic heterocycles. The average Bonchev–Trinajstić information content (AvgIpc) is 3.16. The van der Waals surface area contributed by atoms with Crippen molar-refractivity contribution in [3.05, 3.63) is 65.5 Å². The molecule has 0 atom stereocenters. The first-order valence-electron chi connectivity index (χ1n) is 7.22. The number of nitrogens with one attached hydrogen (secondary N) is 2. The van der Waals surface area contributed by atoms with Gasteiger partial charge in [-0.3, -0.25) is 9.59 Å². The third kappa shape index (κ3) is 3.19. The highest BCUT2D eigenvalue weighted by molar-refractivity contribution is 6.05. The van der Waals surface area contributed by atoms with Crippen LogP contribution in [0.15, 0.2) is 51.7 Å². The predicted molar refractivity (Wildman–Crippen MR) is 87.0 cm³/mol. The number of nitrogens with zero attached hydrogens (tertiary/aromatic N) is 1. The van der Waals surface area contributed by atoms with Crippen LogP contribution in [0.1, 0.15) is 32.2 Å². The maximum atomic E-state index is 12.2. The number of aryl methyl sites for hydroxylation is 2. The normalized spacial score (nSPS) is 10.4. The summed E-state index contributed by atoms with van der Waals surface area (Å²) in [5.41, 5.74) is 0.862. The Labute approximate surface area is 137 Å². The molecule has 0 saturated carbocycles. The van der Waals surface area contributed by atoms with Crippen LogP contribution in [-0.2, 0) is 0 Å². The van der Waals surface area contributed by atoms with Gasteiger partial charge in [-0.05, 0) is 38.1 Å². The Hall–Kier alpha value is -3.35. The summed E-state index contributed by atoms with van der Waals surface area (Å²) in [6.07, 6.45) is 2.89. The van der Waals surface area contributed by atoms with Crippen LogP contribution in [-0.4, -0.2) is 16.8 Å². The van der Waals surface area contributed by atoms with Crippen molar-refractivity contribution in [2.24, 2.45) is 0 Å². The molecule has 0 spiro atoms. The Balaban J connectivity index is 1.73. The van der Waals surface area contributed by atoms with E-state index in [1.807, 2.05) is 0 Å². The first-order chi connectivity index (χ1) is 11.5. The van der Waals surface area contributed by atoms with Crippen LogP contribution >= 0.6 is 0 Å². The van der Waals surface area contributed by atoms with Gasteiger partial charge in [0.15, 0.2) is 0 Å². The molecular formula is C17H15N3O4. The zero-order chi connectivity index (χ0) is 17.1. The van der Waals surface area contributed by atoms with E-state index in [-0.39, 0.29) is 11.8 Å². The second-order valence-corrected chi connectivity index (χ2v) is 5.10. The third-order valence-electron chi connectivity index (χ3n) is 3.44. The Morgan fingerprint density at radius 3 is 1.67 bits per heavy atom. The largest absolute Gasteiger partial charge is 0.469 e. The van der Waals surface area contributed by atoms with Crippen molar-refractivity contribution in [2.45, 2.75) is 13.8 Å². The number of aromatic nitrogens is 1. The molecular weight excluding hydrogens is 310 g/mol. The third-order valence-corrected chi connectivity index (χ3v) is 3.44. The first kappa shape index (κ1) is 15.5. The molecule has 2 N–H and O–H groups in total. The molecule has 0 aliphatic carbocycles. The molecule has 7 heteroatoms. The number of carbonyl (C=O) groups excluding carboxylic acids is 2. The van der Waals surface area contributed by atoms with Gasteiger partial charge >= 0.3 is 0 Å². The lowest BCUT2D eigenvalue weighted by atomic mass is 10.2. The monoisotopic (exact) mass is 325 g/mol. The Morgan fingerprint density at radius 1 is 0.833 bits per heavy atom. The Bertz CT molecular complexity index is 825. The average molecular weight is 325 g/mol. The molecule has 24 heavy (non-hydrogen) atoms. The summed E-state index contributed by atoms with van der Waals surface area (Å²) in [5, 5.41) is 5.33. The van der Waals surface area contributed by atoms with E-state index in [0.717, 1.165) is 0 Å². The Morgan fingerprint density at radius 2 is 1.29 bits per heavy atom. The van der Waals surface area contributed by atoms with Gasteiger partial charge in [-0.2, -0.15) is 0 Å². The zero-order valence-corrected chi connectivity index (χ0v) is 13.1. The Kier molecular flexibility index (Phi) is 4.15. The molecule has 3 rings (SSSR count). The molecule has 0 aliphatic rings. The quantitative estimate of drug-likeness (QED) is 0.766. The highest BCUT2D eigenvalue weighted by atomic mass is 16.3. The summed E-state index contributed by atoms with van der Waals surface area (Å²) >= 11 is 0. The fourth-order valence-corrected chi connectivity index (χ4v) is 2.18. The fraction of sp³-hybridized carbons (Fsp3) is 0.118. The van der Waals surface area contributed by atoms with E-state index in [1.54, 1.807) is 44.2 Å². The second-order valence-electron chi connectivity index (χ2n) is 5.10. The molecule has 0 aromatic carbocycles. The van der Waals surface area contributed by atoms with E-state index in [4.69, 9.17) is 8.83 Å². The number of hydrogen-bond acceptors (Lipinski definition) is 5. The maximum absolute atomic E-state index is 12.2. The standard InChI is InChI=1S/C17H15N3O4/c1-10-12(6-8-23-10)16(21)19-14-4-3-5-15(18-14)20-17(22)13-7-9-24-11(13)2/h3-9H,1-2H3,(H2,18,19,20,21,22). The van der Waals surface area contributed by atoms with Crippen molar-refractivity contribution in [2.75, 3.05) is 10.6 Å². The summed E-state index contributed by atoms with van der Waals surface area (Å²) in [5.74, 6) is 1.02. The molecule has 0 saturated heterocycles. The number of amides is 2. The van der Waals surface area contributed by atoms with Crippen molar-refractivity contribution >= 4 is 23.5 Å².